The second-order valence-corrected chi connectivity index (χ2v) is 6.41. The molecule has 7 heteroatoms. The van der Waals surface area contributed by atoms with Crippen LogP contribution in [0.1, 0.15) is 29.8 Å². The molecular formula is C16H20N6O. The molecule has 4 heterocycles. The maximum Gasteiger partial charge on any atom is 0.137 e. The van der Waals surface area contributed by atoms with Gasteiger partial charge in [0.15, 0.2) is 0 Å². The molecule has 0 radical (unpaired) electrons. The fourth-order valence-electron chi connectivity index (χ4n) is 3.35. The van der Waals surface area contributed by atoms with Crippen molar-refractivity contribution in [2.45, 2.75) is 31.9 Å². The zero-order valence-electron chi connectivity index (χ0n) is 13.1. The van der Waals surface area contributed by atoms with Gasteiger partial charge in [-0.3, -0.25) is 4.90 Å². The zero-order valence-corrected chi connectivity index (χ0v) is 13.1. The molecule has 0 amide bonds. The molecule has 2 N–H and O–H groups in total. The molecule has 0 bridgehead atoms. The van der Waals surface area contributed by atoms with Crippen molar-refractivity contribution >= 4 is 5.65 Å². The molecule has 1 unspecified atom stereocenters. The fraction of sp³-hybridized carbons (Fsp3) is 0.438. The van der Waals surface area contributed by atoms with E-state index in [1.807, 2.05) is 6.07 Å². The highest BCUT2D eigenvalue weighted by Gasteiger charge is 2.37. The molecular weight excluding hydrogens is 292 g/mol. The summed E-state index contributed by atoms with van der Waals surface area (Å²) >= 11 is 0. The van der Waals surface area contributed by atoms with E-state index in [2.05, 4.69) is 55.1 Å². The number of β-amino-alcohol motifs (C(OH)–C–C–N with tert-alkyl or cyclic N) is 1. The number of fused-ring (bicyclic) bond motifs is 1. The van der Waals surface area contributed by atoms with Gasteiger partial charge >= 0.3 is 0 Å². The Hall–Kier alpha value is -2.25. The minimum absolute atomic E-state index is 0.548. The first-order chi connectivity index (χ1) is 11.1. The number of hydrogen-bond donors (Lipinski definition) is 2. The Labute approximate surface area is 134 Å². The Morgan fingerprint density at radius 3 is 3.09 bits per heavy atom. The van der Waals surface area contributed by atoms with E-state index in [9.17, 15) is 5.11 Å². The topological polar surface area (TPSA) is 82.3 Å². The number of aryl methyl sites for hydroxylation is 1. The average molecular weight is 312 g/mol. The van der Waals surface area contributed by atoms with Gasteiger partial charge in [-0.1, -0.05) is 6.07 Å². The first-order valence-corrected chi connectivity index (χ1v) is 7.88. The quantitative estimate of drug-likeness (QED) is 0.760. The normalized spacial score (nSPS) is 22.7. The zero-order chi connectivity index (χ0) is 15.9. The molecule has 0 spiro atoms. The third-order valence-electron chi connectivity index (χ3n) is 4.48. The van der Waals surface area contributed by atoms with E-state index in [1.54, 1.807) is 6.20 Å². The van der Waals surface area contributed by atoms with Crippen LogP contribution in [0.3, 0.4) is 0 Å². The minimum atomic E-state index is -0.930. The van der Waals surface area contributed by atoms with Crippen molar-refractivity contribution in [3.05, 3.63) is 47.7 Å². The number of H-pyrrole nitrogens is 1. The highest BCUT2D eigenvalue weighted by molar-refractivity contribution is 5.41. The average Bonchev–Trinajstić information content (AvgIpc) is 3.16. The maximum absolute atomic E-state index is 10.9. The van der Waals surface area contributed by atoms with E-state index < -0.39 is 5.60 Å². The lowest BCUT2D eigenvalue weighted by Gasteiger charge is -2.37. The van der Waals surface area contributed by atoms with Gasteiger partial charge in [-0.05, 0) is 37.9 Å². The van der Waals surface area contributed by atoms with E-state index in [0.29, 0.717) is 18.7 Å². The van der Waals surface area contributed by atoms with E-state index in [0.717, 1.165) is 30.9 Å². The summed E-state index contributed by atoms with van der Waals surface area (Å²) in [5, 5.41) is 21.3. The van der Waals surface area contributed by atoms with Crippen molar-refractivity contribution < 1.29 is 5.11 Å². The van der Waals surface area contributed by atoms with Crippen LogP contribution in [0.15, 0.2) is 30.7 Å². The molecule has 4 rings (SSSR count). The number of pyridine rings is 1. The standard InChI is InChI=1S/C16H20N6O/c1-12-3-4-15-18-13(10-22(15)8-12)9-21-6-2-5-16(23,11-21)14-7-17-20-19-14/h3-4,7-8,10,23H,2,5-6,9,11H2,1H3,(H,17,19,20). The smallest absolute Gasteiger partial charge is 0.137 e. The second kappa shape index (κ2) is 5.43. The predicted molar refractivity (Wildman–Crippen MR) is 84.7 cm³/mol. The highest BCUT2D eigenvalue weighted by Crippen LogP contribution is 2.30. The van der Waals surface area contributed by atoms with Gasteiger partial charge in [-0.25, -0.2) is 4.98 Å². The van der Waals surface area contributed by atoms with Crippen molar-refractivity contribution in [3.63, 3.8) is 0 Å². The van der Waals surface area contributed by atoms with Crippen LogP contribution in [-0.4, -0.2) is 47.9 Å². The summed E-state index contributed by atoms with van der Waals surface area (Å²) in [6.07, 6.45) is 7.38. The van der Waals surface area contributed by atoms with Crippen LogP contribution in [0.25, 0.3) is 5.65 Å². The molecule has 3 aromatic heterocycles. The van der Waals surface area contributed by atoms with Gasteiger partial charge in [0.25, 0.3) is 0 Å². The van der Waals surface area contributed by atoms with Gasteiger partial charge in [0.2, 0.25) is 0 Å². The summed E-state index contributed by atoms with van der Waals surface area (Å²) in [6, 6.07) is 4.09. The number of aromatic nitrogens is 5. The van der Waals surface area contributed by atoms with E-state index in [4.69, 9.17) is 0 Å². The Kier molecular flexibility index (Phi) is 3.39. The minimum Gasteiger partial charge on any atom is -0.382 e. The monoisotopic (exact) mass is 312 g/mol. The van der Waals surface area contributed by atoms with Crippen LogP contribution in [-0.2, 0) is 12.1 Å². The molecule has 0 aliphatic carbocycles. The molecule has 1 saturated heterocycles. The maximum atomic E-state index is 10.9. The molecule has 3 aromatic rings. The predicted octanol–water partition coefficient (Wildman–Crippen LogP) is 1.24. The van der Waals surface area contributed by atoms with E-state index >= 15 is 0 Å². The number of imidazole rings is 1. The summed E-state index contributed by atoms with van der Waals surface area (Å²) < 4.78 is 2.05. The largest absolute Gasteiger partial charge is 0.382 e. The molecule has 7 nitrogen and oxygen atoms in total. The highest BCUT2D eigenvalue weighted by atomic mass is 16.3. The summed E-state index contributed by atoms with van der Waals surface area (Å²) in [7, 11) is 0. The summed E-state index contributed by atoms with van der Waals surface area (Å²) in [6.45, 7) is 4.29. The number of nitrogens with zero attached hydrogens (tertiary/aromatic N) is 5. The second-order valence-electron chi connectivity index (χ2n) is 6.41. The molecule has 120 valence electrons. The van der Waals surface area contributed by atoms with Crippen molar-refractivity contribution in [1.82, 2.24) is 29.7 Å². The number of likely N-dealkylation sites (tertiary alicyclic amines) is 1. The van der Waals surface area contributed by atoms with E-state index in [1.165, 1.54) is 5.56 Å². The van der Waals surface area contributed by atoms with Crippen LogP contribution in [0.2, 0.25) is 0 Å². The van der Waals surface area contributed by atoms with Gasteiger partial charge in [0, 0.05) is 25.5 Å². The molecule has 1 atom stereocenters. The molecule has 0 aromatic carbocycles. The van der Waals surface area contributed by atoms with Crippen molar-refractivity contribution in [2.24, 2.45) is 0 Å². The van der Waals surface area contributed by atoms with Gasteiger partial charge in [0.05, 0.1) is 11.9 Å². The van der Waals surface area contributed by atoms with Crippen molar-refractivity contribution in [1.29, 1.82) is 0 Å². The van der Waals surface area contributed by atoms with Crippen molar-refractivity contribution in [3.8, 4) is 0 Å². The lowest BCUT2D eigenvalue weighted by molar-refractivity contribution is -0.0416. The van der Waals surface area contributed by atoms with Gasteiger partial charge in [-0.2, -0.15) is 15.4 Å². The van der Waals surface area contributed by atoms with Crippen LogP contribution in [0.4, 0.5) is 0 Å². The van der Waals surface area contributed by atoms with E-state index in [-0.39, 0.29) is 0 Å². The first-order valence-electron chi connectivity index (χ1n) is 7.88. The number of rotatable bonds is 3. The van der Waals surface area contributed by atoms with Gasteiger partial charge in [0.1, 0.15) is 16.9 Å². The number of aromatic amines is 1. The van der Waals surface area contributed by atoms with Gasteiger partial charge < -0.3 is 9.51 Å². The van der Waals surface area contributed by atoms with Crippen LogP contribution in [0.5, 0.6) is 0 Å². The Morgan fingerprint density at radius 1 is 1.35 bits per heavy atom. The number of nitrogens with one attached hydrogen (secondary N) is 1. The lowest BCUT2D eigenvalue weighted by Crippen LogP contribution is -2.46. The van der Waals surface area contributed by atoms with Crippen LogP contribution < -0.4 is 0 Å². The molecule has 0 saturated carbocycles. The molecule has 1 fully saturated rings. The third kappa shape index (κ3) is 2.73. The Balaban J connectivity index is 1.53. The number of piperidine rings is 1. The number of hydrogen-bond acceptors (Lipinski definition) is 5. The lowest BCUT2D eigenvalue weighted by atomic mass is 9.90. The summed E-state index contributed by atoms with van der Waals surface area (Å²) in [5.74, 6) is 0. The third-order valence-corrected chi connectivity index (χ3v) is 4.48. The van der Waals surface area contributed by atoms with Crippen LogP contribution >= 0.6 is 0 Å². The molecule has 1 aliphatic heterocycles. The first kappa shape index (κ1) is 14.3. The SMILES string of the molecule is Cc1ccc2nc(CN3CCCC(O)(c4cn[nH]n4)C3)cn2c1. The summed E-state index contributed by atoms with van der Waals surface area (Å²) in [4.78, 5) is 6.89. The van der Waals surface area contributed by atoms with Crippen LogP contribution in [0, 0.1) is 6.92 Å². The summed E-state index contributed by atoms with van der Waals surface area (Å²) in [5.41, 5.74) is 2.86. The van der Waals surface area contributed by atoms with Crippen molar-refractivity contribution in [2.75, 3.05) is 13.1 Å². The number of aliphatic hydroxyl groups is 1. The molecule has 23 heavy (non-hydrogen) atoms. The van der Waals surface area contributed by atoms with Gasteiger partial charge in [-0.15, -0.1) is 0 Å². The Morgan fingerprint density at radius 2 is 2.26 bits per heavy atom. The molecule has 1 aliphatic rings. The fourth-order valence-corrected chi connectivity index (χ4v) is 3.35. The Bertz CT molecular complexity index is 811.